The first-order chi connectivity index (χ1) is 17.3. The van der Waals surface area contributed by atoms with E-state index in [1.54, 1.807) is 29.5 Å². The van der Waals surface area contributed by atoms with Crippen LogP contribution in [0.25, 0.3) is 10.8 Å². The molecular weight excluding hydrogens is 496 g/mol. The summed E-state index contributed by atoms with van der Waals surface area (Å²) in [5.41, 5.74) is 3.31. The summed E-state index contributed by atoms with van der Waals surface area (Å²) in [4.78, 5) is 28.7. The van der Waals surface area contributed by atoms with Gasteiger partial charge in [-0.25, -0.2) is 8.42 Å². The van der Waals surface area contributed by atoms with Gasteiger partial charge in [0.05, 0.1) is 11.7 Å². The molecule has 0 aliphatic carbocycles. The summed E-state index contributed by atoms with van der Waals surface area (Å²) in [6.45, 7) is 3.44. The fourth-order valence-corrected chi connectivity index (χ4v) is 8.26. The molecule has 1 aromatic heterocycles. The third-order valence-electron chi connectivity index (χ3n) is 7.21. The van der Waals surface area contributed by atoms with Gasteiger partial charge < -0.3 is 9.64 Å². The van der Waals surface area contributed by atoms with E-state index in [0.717, 1.165) is 46.8 Å². The summed E-state index contributed by atoms with van der Waals surface area (Å²) in [7, 11) is -2.07. The van der Waals surface area contributed by atoms with Crippen molar-refractivity contribution in [1.82, 2.24) is 4.31 Å². The van der Waals surface area contributed by atoms with E-state index < -0.39 is 16.1 Å². The van der Waals surface area contributed by atoms with E-state index in [9.17, 15) is 18.0 Å². The number of methoxy groups -OCH3 is 1. The number of carbonyl (C=O) groups excluding carboxylic acids is 2. The topological polar surface area (TPSA) is 84.0 Å². The number of ether oxygens (including phenoxy) is 1. The Morgan fingerprint density at radius 1 is 1.19 bits per heavy atom. The van der Waals surface area contributed by atoms with E-state index in [4.69, 9.17) is 4.74 Å². The zero-order valence-electron chi connectivity index (χ0n) is 20.5. The number of benzene rings is 2. The van der Waals surface area contributed by atoms with Crippen molar-refractivity contribution in [3.8, 4) is 0 Å². The molecule has 1 amide bonds. The molecule has 9 heteroatoms. The molecule has 1 saturated heterocycles. The molecule has 0 saturated carbocycles. The van der Waals surface area contributed by atoms with Crippen LogP contribution in [0.3, 0.4) is 0 Å². The van der Waals surface area contributed by atoms with Crippen molar-refractivity contribution in [2.75, 3.05) is 31.7 Å². The van der Waals surface area contributed by atoms with Crippen LogP contribution in [-0.2, 0) is 26.0 Å². The van der Waals surface area contributed by atoms with Crippen molar-refractivity contribution in [3.05, 3.63) is 58.5 Å². The molecule has 0 spiro atoms. The number of amides is 1. The Hall–Kier alpha value is -2.59. The minimum atomic E-state index is -3.72. The molecule has 0 radical (unpaired) electrons. The number of hydrogen-bond donors (Lipinski definition) is 0. The molecule has 2 aliphatic rings. The summed E-state index contributed by atoms with van der Waals surface area (Å²) >= 11 is 1.18. The molecule has 7 nitrogen and oxygen atoms in total. The van der Waals surface area contributed by atoms with Crippen molar-refractivity contribution in [2.24, 2.45) is 0 Å². The fourth-order valence-electron chi connectivity index (χ4n) is 5.46. The zero-order chi connectivity index (χ0) is 25.4. The second-order valence-electron chi connectivity index (χ2n) is 9.42. The van der Waals surface area contributed by atoms with Crippen LogP contribution in [0.15, 0.2) is 46.0 Å². The van der Waals surface area contributed by atoms with Crippen molar-refractivity contribution >= 4 is 49.5 Å². The number of ketones is 1. The maximum atomic E-state index is 13.7. The van der Waals surface area contributed by atoms with Crippen molar-refractivity contribution in [1.29, 1.82) is 0 Å². The van der Waals surface area contributed by atoms with Crippen LogP contribution in [0.5, 0.6) is 0 Å². The lowest BCUT2D eigenvalue weighted by molar-refractivity contribution is -0.122. The van der Waals surface area contributed by atoms with Gasteiger partial charge in [0.1, 0.15) is 4.21 Å². The normalized spacial score (nSPS) is 18.3. The Morgan fingerprint density at radius 2 is 2.03 bits per heavy atom. The first-order valence-corrected chi connectivity index (χ1v) is 14.6. The second kappa shape index (κ2) is 10.0. The van der Waals surface area contributed by atoms with Crippen LogP contribution in [-0.4, -0.2) is 57.3 Å². The van der Waals surface area contributed by atoms with Gasteiger partial charge in [-0.05, 0) is 66.3 Å². The van der Waals surface area contributed by atoms with Crippen molar-refractivity contribution < 1.29 is 22.7 Å². The molecule has 2 aliphatic heterocycles. The Bertz CT molecular complexity index is 1420. The van der Waals surface area contributed by atoms with E-state index in [1.807, 2.05) is 31.2 Å². The first-order valence-electron chi connectivity index (χ1n) is 12.3. The van der Waals surface area contributed by atoms with Crippen molar-refractivity contribution in [3.63, 3.8) is 0 Å². The van der Waals surface area contributed by atoms with Gasteiger partial charge in [-0.3, -0.25) is 9.59 Å². The Kier molecular flexibility index (Phi) is 7.00. The van der Waals surface area contributed by atoms with Crippen LogP contribution in [0, 0.1) is 6.92 Å². The van der Waals surface area contributed by atoms with Gasteiger partial charge in [-0.15, -0.1) is 11.3 Å². The Balaban J connectivity index is 1.48. The SMILES string of the molecule is COCCCN1C(=O)c2cccc3c(CC(=O)C4CCCCN4S(=O)(=O)c4cccs4)c(C)cc1c23. The van der Waals surface area contributed by atoms with E-state index in [1.165, 1.54) is 15.6 Å². The molecule has 2 aromatic carbocycles. The van der Waals surface area contributed by atoms with Crippen LogP contribution < -0.4 is 4.90 Å². The van der Waals surface area contributed by atoms with Gasteiger partial charge in [0.2, 0.25) is 0 Å². The summed E-state index contributed by atoms with van der Waals surface area (Å²) < 4.78 is 33.5. The maximum Gasteiger partial charge on any atom is 0.258 e. The molecule has 1 unspecified atom stereocenters. The van der Waals surface area contributed by atoms with Gasteiger partial charge in [0.25, 0.3) is 15.9 Å². The molecule has 190 valence electrons. The number of carbonyl (C=O) groups is 2. The number of thiophene rings is 1. The third kappa shape index (κ3) is 4.28. The number of anilines is 1. The molecule has 36 heavy (non-hydrogen) atoms. The van der Waals surface area contributed by atoms with Crippen molar-refractivity contribution in [2.45, 2.75) is 49.3 Å². The predicted molar refractivity (Wildman–Crippen MR) is 141 cm³/mol. The summed E-state index contributed by atoms with van der Waals surface area (Å²) in [5.74, 6) is -0.130. The lowest BCUT2D eigenvalue weighted by Gasteiger charge is -2.33. The highest BCUT2D eigenvalue weighted by molar-refractivity contribution is 7.91. The summed E-state index contributed by atoms with van der Waals surface area (Å²) in [5, 5.41) is 3.51. The minimum absolute atomic E-state index is 0.0323. The van der Waals surface area contributed by atoms with E-state index in [-0.39, 0.29) is 22.3 Å². The minimum Gasteiger partial charge on any atom is -0.385 e. The number of nitrogens with zero attached hydrogens (tertiary/aromatic N) is 2. The van der Waals surface area contributed by atoms with Gasteiger partial charge >= 0.3 is 0 Å². The van der Waals surface area contributed by atoms with Gasteiger partial charge in [-0.1, -0.05) is 24.6 Å². The van der Waals surface area contributed by atoms with Crippen LogP contribution >= 0.6 is 11.3 Å². The molecule has 1 fully saturated rings. The van der Waals surface area contributed by atoms with E-state index in [0.29, 0.717) is 31.7 Å². The molecule has 0 N–H and O–H groups in total. The Morgan fingerprint density at radius 3 is 2.78 bits per heavy atom. The quantitative estimate of drug-likeness (QED) is 0.382. The fraction of sp³-hybridized carbons (Fsp3) is 0.407. The lowest BCUT2D eigenvalue weighted by Crippen LogP contribution is -2.48. The van der Waals surface area contributed by atoms with E-state index >= 15 is 0 Å². The monoisotopic (exact) mass is 526 g/mol. The summed E-state index contributed by atoms with van der Waals surface area (Å²) in [6.07, 6.45) is 2.95. The molecule has 3 heterocycles. The second-order valence-corrected chi connectivity index (χ2v) is 12.5. The van der Waals surface area contributed by atoms with Crippen LogP contribution in [0.4, 0.5) is 5.69 Å². The van der Waals surface area contributed by atoms with Crippen LogP contribution in [0.2, 0.25) is 0 Å². The molecule has 3 aromatic rings. The largest absolute Gasteiger partial charge is 0.385 e. The predicted octanol–water partition coefficient (Wildman–Crippen LogP) is 4.56. The number of rotatable bonds is 9. The average molecular weight is 527 g/mol. The highest BCUT2D eigenvalue weighted by Gasteiger charge is 2.38. The number of aryl methyl sites for hydroxylation is 1. The standard InChI is InChI=1S/C27H30N2O5S2/c1-18-16-23-26-19(8-5-9-20(26)27(31)28(23)12-7-14-34-2)21(18)17-24(30)22-10-3-4-13-29(22)36(32,33)25-11-6-15-35-25/h5-6,8-9,11,15-16,22H,3-4,7,10,12-14,17H2,1-2H3. The van der Waals surface area contributed by atoms with Gasteiger partial charge in [0.15, 0.2) is 5.78 Å². The number of sulfonamides is 1. The maximum absolute atomic E-state index is 13.7. The highest BCUT2D eigenvalue weighted by Crippen LogP contribution is 2.41. The summed E-state index contributed by atoms with van der Waals surface area (Å²) in [6, 6.07) is 10.3. The first kappa shape index (κ1) is 25.1. The zero-order valence-corrected chi connectivity index (χ0v) is 22.2. The number of piperidine rings is 1. The molecule has 5 rings (SSSR count). The molecule has 0 bridgehead atoms. The highest BCUT2D eigenvalue weighted by atomic mass is 32.2. The molecular formula is C27H30N2O5S2. The van der Waals surface area contributed by atoms with Gasteiger partial charge in [0, 0.05) is 44.2 Å². The van der Waals surface area contributed by atoms with E-state index in [2.05, 4.69) is 0 Å². The third-order valence-corrected chi connectivity index (χ3v) is 10.5. The molecule has 1 atom stereocenters. The lowest BCUT2D eigenvalue weighted by atomic mass is 9.90. The van der Waals surface area contributed by atoms with Crippen LogP contribution in [0.1, 0.15) is 47.2 Å². The Labute approximate surface area is 215 Å². The average Bonchev–Trinajstić information content (AvgIpc) is 3.51. The number of hydrogen-bond acceptors (Lipinski definition) is 6. The van der Waals surface area contributed by atoms with Gasteiger partial charge in [-0.2, -0.15) is 4.31 Å². The smallest absolute Gasteiger partial charge is 0.258 e. The number of Topliss-reactive ketones (excluding diaryl/α,β-unsaturated/α-hetero) is 1.